The maximum atomic E-state index is 11.2. The lowest BCUT2D eigenvalue weighted by molar-refractivity contribution is 0.0488. The van der Waals surface area contributed by atoms with Crippen molar-refractivity contribution < 1.29 is 19.0 Å². The van der Waals surface area contributed by atoms with Crippen LogP contribution in [0.3, 0.4) is 0 Å². The Morgan fingerprint density at radius 1 is 1.39 bits per heavy atom. The lowest BCUT2D eigenvalue weighted by Gasteiger charge is -2.21. The maximum absolute atomic E-state index is 11.2. The van der Waals surface area contributed by atoms with Crippen molar-refractivity contribution in [1.29, 1.82) is 0 Å². The van der Waals surface area contributed by atoms with E-state index in [4.69, 9.17) is 9.47 Å². The highest BCUT2D eigenvalue weighted by Crippen LogP contribution is 2.16. The molecule has 6 nitrogen and oxygen atoms in total. The molecule has 1 aromatic heterocycles. The predicted octanol–water partition coefficient (Wildman–Crippen LogP) is 1.07. The van der Waals surface area contributed by atoms with Crippen LogP contribution in [0, 0.1) is 5.92 Å². The molecular weight excluding hydrogens is 236 g/mol. The van der Waals surface area contributed by atoms with Crippen LogP contribution < -0.4 is 4.74 Å². The molecule has 18 heavy (non-hydrogen) atoms. The Labute approximate surface area is 105 Å². The van der Waals surface area contributed by atoms with Crippen LogP contribution in [0.25, 0.3) is 0 Å². The van der Waals surface area contributed by atoms with Gasteiger partial charge in [-0.15, -0.1) is 0 Å². The second-order valence-electron chi connectivity index (χ2n) is 4.10. The smallest absolute Gasteiger partial charge is 0.358 e. The molecule has 0 bridgehead atoms. The van der Waals surface area contributed by atoms with E-state index in [0.29, 0.717) is 18.4 Å². The molecule has 1 aromatic rings. The van der Waals surface area contributed by atoms with Crippen LogP contribution in [0.5, 0.6) is 5.88 Å². The minimum atomic E-state index is -0.501. The highest BCUT2D eigenvalue weighted by molar-refractivity contribution is 5.86. The minimum absolute atomic E-state index is 0.177. The van der Waals surface area contributed by atoms with Crippen LogP contribution in [-0.4, -0.2) is 42.9 Å². The number of hydrogen-bond donors (Lipinski definition) is 0. The maximum Gasteiger partial charge on any atom is 0.358 e. The minimum Gasteiger partial charge on any atom is -0.476 e. The van der Waals surface area contributed by atoms with Crippen LogP contribution in [0.4, 0.5) is 0 Å². The number of hydrogen-bond acceptors (Lipinski definition) is 6. The predicted molar refractivity (Wildman–Crippen MR) is 62.4 cm³/mol. The number of methoxy groups -OCH3 is 1. The Morgan fingerprint density at radius 2 is 2.17 bits per heavy atom. The molecule has 0 aromatic carbocycles. The SMILES string of the molecule is COC(=O)c1cnc(OCC2CCOCC2)cn1. The van der Waals surface area contributed by atoms with Crippen LogP contribution in [0.1, 0.15) is 23.3 Å². The van der Waals surface area contributed by atoms with E-state index in [9.17, 15) is 4.79 Å². The van der Waals surface area contributed by atoms with Gasteiger partial charge in [0.1, 0.15) is 0 Å². The summed E-state index contributed by atoms with van der Waals surface area (Å²) in [6.07, 6.45) is 4.80. The van der Waals surface area contributed by atoms with Crippen molar-refractivity contribution in [2.75, 3.05) is 26.9 Å². The zero-order valence-electron chi connectivity index (χ0n) is 10.3. The summed E-state index contributed by atoms with van der Waals surface area (Å²) in [5, 5.41) is 0. The first kappa shape index (κ1) is 12.8. The van der Waals surface area contributed by atoms with E-state index in [1.165, 1.54) is 19.5 Å². The molecule has 1 aliphatic rings. The van der Waals surface area contributed by atoms with Gasteiger partial charge in [0.05, 0.1) is 26.1 Å². The Kier molecular flexibility index (Phi) is 4.46. The largest absolute Gasteiger partial charge is 0.476 e. The van der Waals surface area contributed by atoms with Crippen LogP contribution in [0.15, 0.2) is 12.4 Å². The van der Waals surface area contributed by atoms with E-state index in [1.807, 2.05) is 0 Å². The molecule has 1 aliphatic heterocycles. The second-order valence-corrected chi connectivity index (χ2v) is 4.10. The van der Waals surface area contributed by atoms with Gasteiger partial charge >= 0.3 is 5.97 Å². The van der Waals surface area contributed by atoms with Crippen molar-refractivity contribution >= 4 is 5.97 Å². The van der Waals surface area contributed by atoms with Gasteiger partial charge in [-0.25, -0.2) is 14.8 Å². The van der Waals surface area contributed by atoms with E-state index in [-0.39, 0.29) is 5.69 Å². The first-order chi connectivity index (χ1) is 8.79. The number of esters is 1. The first-order valence-electron chi connectivity index (χ1n) is 5.90. The van der Waals surface area contributed by atoms with Gasteiger partial charge in [0.25, 0.3) is 0 Å². The Hall–Kier alpha value is -1.69. The molecule has 0 saturated carbocycles. The van der Waals surface area contributed by atoms with Gasteiger partial charge in [-0.05, 0) is 18.8 Å². The normalized spacial score (nSPS) is 16.3. The first-order valence-corrected chi connectivity index (χ1v) is 5.90. The Bertz CT molecular complexity index is 388. The Balaban J connectivity index is 1.84. The lowest BCUT2D eigenvalue weighted by atomic mass is 10.0. The van der Waals surface area contributed by atoms with Crippen molar-refractivity contribution in [3.05, 3.63) is 18.1 Å². The fraction of sp³-hybridized carbons (Fsp3) is 0.583. The lowest BCUT2D eigenvalue weighted by Crippen LogP contribution is -2.21. The van der Waals surface area contributed by atoms with Gasteiger partial charge in [0, 0.05) is 13.2 Å². The standard InChI is InChI=1S/C12H16N2O4/c1-16-12(15)10-6-14-11(7-13-10)18-8-9-2-4-17-5-3-9/h6-7,9H,2-5,8H2,1H3. The van der Waals surface area contributed by atoms with E-state index >= 15 is 0 Å². The molecule has 0 atom stereocenters. The molecule has 0 unspecified atom stereocenters. The summed E-state index contributed by atoms with van der Waals surface area (Å²) < 4.78 is 15.3. The van der Waals surface area contributed by atoms with Gasteiger partial charge in [0.15, 0.2) is 5.69 Å². The summed E-state index contributed by atoms with van der Waals surface area (Å²) in [5.41, 5.74) is 0.177. The molecule has 0 amide bonds. The van der Waals surface area contributed by atoms with Gasteiger partial charge in [-0.2, -0.15) is 0 Å². The number of nitrogens with zero attached hydrogens (tertiary/aromatic N) is 2. The summed E-state index contributed by atoms with van der Waals surface area (Å²) in [6, 6.07) is 0. The van der Waals surface area contributed by atoms with E-state index < -0.39 is 5.97 Å². The topological polar surface area (TPSA) is 70.5 Å². The third kappa shape index (κ3) is 3.40. The molecular formula is C12H16N2O4. The summed E-state index contributed by atoms with van der Waals surface area (Å²) in [4.78, 5) is 19.1. The van der Waals surface area contributed by atoms with Gasteiger partial charge in [0.2, 0.25) is 5.88 Å². The zero-order chi connectivity index (χ0) is 12.8. The van der Waals surface area contributed by atoms with Crippen molar-refractivity contribution in [2.24, 2.45) is 5.92 Å². The second kappa shape index (κ2) is 6.30. The zero-order valence-corrected chi connectivity index (χ0v) is 10.3. The highest BCUT2D eigenvalue weighted by Gasteiger charge is 2.15. The highest BCUT2D eigenvalue weighted by atomic mass is 16.5. The quantitative estimate of drug-likeness (QED) is 0.746. The van der Waals surface area contributed by atoms with E-state index in [2.05, 4.69) is 14.7 Å². The molecule has 0 radical (unpaired) electrons. The van der Waals surface area contributed by atoms with Crippen molar-refractivity contribution in [1.82, 2.24) is 9.97 Å². The van der Waals surface area contributed by atoms with Gasteiger partial charge in [-0.3, -0.25) is 0 Å². The number of aromatic nitrogens is 2. The summed E-state index contributed by atoms with van der Waals surface area (Å²) in [7, 11) is 1.31. The average molecular weight is 252 g/mol. The van der Waals surface area contributed by atoms with Gasteiger partial charge < -0.3 is 14.2 Å². The van der Waals surface area contributed by atoms with E-state index in [0.717, 1.165) is 26.1 Å². The van der Waals surface area contributed by atoms with Crippen molar-refractivity contribution in [2.45, 2.75) is 12.8 Å². The van der Waals surface area contributed by atoms with Crippen LogP contribution in [0.2, 0.25) is 0 Å². The molecule has 0 aliphatic carbocycles. The van der Waals surface area contributed by atoms with E-state index in [1.54, 1.807) is 0 Å². The monoisotopic (exact) mass is 252 g/mol. The molecule has 0 N–H and O–H groups in total. The average Bonchev–Trinajstić information content (AvgIpc) is 2.46. The van der Waals surface area contributed by atoms with Crippen molar-refractivity contribution in [3.8, 4) is 5.88 Å². The fourth-order valence-corrected chi connectivity index (χ4v) is 1.72. The van der Waals surface area contributed by atoms with Crippen LogP contribution in [-0.2, 0) is 9.47 Å². The van der Waals surface area contributed by atoms with Gasteiger partial charge in [-0.1, -0.05) is 0 Å². The number of ether oxygens (including phenoxy) is 3. The molecule has 1 saturated heterocycles. The molecule has 2 rings (SSSR count). The molecule has 0 spiro atoms. The molecule has 2 heterocycles. The third-order valence-electron chi connectivity index (χ3n) is 2.83. The van der Waals surface area contributed by atoms with Crippen LogP contribution >= 0.6 is 0 Å². The number of carbonyl (C=O) groups is 1. The Morgan fingerprint density at radius 3 is 2.78 bits per heavy atom. The number of rotatable bonds is 4. The summed E-state index contributed by atoms with van der Waals surface area (Å²) in [5.74, 6) is 0.424. The van der Waals surface area contributed by atoms with Crippen molar-refractivity contribution in [3.63, 3.8) is 0 Å². The molecule has 6 heteroatoms. The molecule has 1 fully saturated rings. The number of carbonyl (C=O) groups excluding carboxylic acids is 1. The molecule has 98 valence electrons. The summed E-state index contributed by atoms with van der Waals surface area (Å²) in [6.45, 7) is 2.19. The third-order valence-corrected chi connectivity index (χ3v) is 2.83. The summed E-state index contributed by atoms with van der Waals surface area (Å²) >= 11 is 0. The fourth-order valence-electron chi connectivity index (χ4n) is 1.72.